The number of aliphatic hydroxyl groups is 1. The second kappa shape index (κ2) is 7.00. The van der Waals surface area contributed by atoms with Gasteiger partial charge in [-0.2, -0.15) is 13.2 Å². The molecule has 0 saturated carbocycles. The van der Waals surface area contributed by atoms with Gasteiger partial charge in [0.1, 0.15) is 5.69 Å². The Balaban J connectivity index is 1.85. The van der Waals surface area contributed by atoms with E-state index < -0.39 is 18.0 Å². The molecular weight excluding hydrogens is 375 g/mol. The van der Waals surface area contributed by atoms with Crippen molar-refractivity contribution in [3.63, 3.8) is 0 Å². The van der Waals surface area contributed by atoms with Gasteiger partial charge < -0.3 is 15.3 Å². The number of aromatic nitrogens is 1. The van der Waals surface area contributed by atoms with E-state index in [4.69, 9.17) is 0 Å². The number of hydrogen-bond acceptors (Lipinski definition) is 5. The maximum absolute atomic E-state index is 13.2. The molecule has 1 saturated heterocycles. The molecule has 2 aliphatic rings. The van der Waals surface area contributed by atoms with Crippen LogP contribution in [0.4, 0.5) is 24.5 Å². The highest BCUT2D eigenvalue weighted by Crippen LogP contribution is 2.50. The Morgan fingerprint density at radius 3 is 2.78 bits per heavy atom. The highest BCUT2D eigenvalue weighted by atomic mass is 32.2. The van der Waals surface area contributed by atoms with Crippen molar-refractivity contribution in [2.45, 2.75) is 47.9 Å². The highest BCUT2D eigenvalue weighted by Gasteiger charge is 2.37. The van der Waals surface area contributed by atoms with E-state index in [1.165, 1.54) is 18.0 Å². The minimum atomic E-state index is -4.49. The van der Waals surface area contributed by atoms with Gasteiger partial charge in [-0.1, -0.05) is 17.8 Å². The van der Waals surface area contributed by atoms with Crippen molar-refractivity contribution in [1.29, 1.82) is 0 Å². The molecule has 1 aromatic carbocycles. The van der Waals surface area contributed by atoms with Crippen LogP contribution >= 0.6 is 11.8 Å². The zero-order valence-corrected chi connectivity index (χ0v) is 15.6. The quantitative estimate of drug-likeness (QED) is 0.761. The summed E-state index contributed by atoms with van der Waals surface area (Å²) in [5.74, 6) is 0. The third-order valence-corrected chi connectivity index (χ3v) is 6.07. The standard InChI is InChI=1S/C19H20F3N3OS/c1-11-4-5-13-16(7-11)27-17-8-18(19(20,21)22)24-9-14(17)25(13)12-3-2-6-23-10-15(12)26/h4-5,7-9,12,15,23,26H,2-3,6,10H2,1H3/t12-,15-/m0/s1. The molecule has 0 aliphatic carbocycles. The number of anilines is 2. The van der Waals surface area contributed by atoms with E-state index in [0.717, 1.165) is 41.6 Å². The smallest absolute Gasteiger partial charge is 0.390 e. The molecule has 0 radical (unpaired) electrons. The van der Waals surface area contributed by atoms with Crippen LogP contribution in [0.25, 0.3) is 0 Å². The number of rotatable bonds is 1. The van der Waals surface area contributed by atoms with Gasteiger partial charge in [0.05, 0.1) is 29.7 Å². The van der Waals surface area contributed by atoms with Crippen LogP contribution < -0.4 is 10.2 Å². The third-order valence-electron chi connectivity index (χ3n) is 4.97. The summed E-state index contributed by atoms with van der Waals surface area (Å²) in [6, 6.07) is 6.82. The molecule has 0 bridgehead atoms. The molecule has 1 aromatic heterocycles. The Morgan fingerprint density at radius 2 is 2.00 bits per heavy atom. The molecule has 2 atom stereocenters. The van der Waals surface area contributed by atoms with E-state index in [2.05, 4.69) is 10.3 Å². The molecule has 27 heavy (non-hydrogen) atoms. The number of pyridine rings is 1. The molecule has 0 unspecified atom stereocenters. The summed E-state index contributed by atoms with van der Waals surface area (Å²) in [5.41, 5.74) is 1.67. The van der Waals surface area contributed by atoms with Crippen LogP contribution in [-0.4, -0.2) is 35.3 Å². The Morgan fingerprint density at radius 1 is 1.22 bits per heavy atom. The summed E-state index contributed by atoms with van der Waals surface area (Å²) in [5, 5.41) is 13.9. The maximum Gasteiger partial charge on any atom is 0.433 e. The molecule has 0 amide bonds. The number of β-amino-alcohol motifs (C(OH)–C–C–N with tert-alkyl or cyclic N) is 1. The summed E-state index contributed by atoms with van der Waals surface area (Å²) in [4.78, 5) is 7.06. The first-order chi connectivity index (χ1) is 12.8. The second-order valence-corrected chi connectivity index (χ2v) is 8.04. The fraction of sp³-hybridized carbons (Fsp3) is 0.421. The first-order valence-electron chi connectivity index (χ1n) is 8.88. The lowest BCUT2D eigenvalue weighted by atomic mass is 10.0. The fourth-order valence-electron chi connectivity index (χ4n) is 3.67. The number of aryl methyl sites for hydroxylation is 1. The van der Waals surface area contributed by atoms with Crippen molar-refractivity contribution in [3.05, 3.63) is 41.7 Å². The van der Waals surface area contributed by atoms with E-state index in [1.807, 2.05) is 30.0 Å². The lowest BCUT2D eigenvalue weighted by molar-refractivity contribution is -0.141. The van der Waals surface area contributed by atoms with Gasteiger partial charge in [0, 0.05) is 16.3 Å². The van der Waals surface area contributed by atoms with Gasteiger partial charge >= 0.3 is 6.18 Å². The van der Waals surface area contributed by atoms with Crippen molar-refractivity contribution in [2.24, 2.45) is 0 Å². The molecule has 2 aliphatic heterocycles. The van der Waals surface area contributed by atoms with Crippen molar-refractivity contribution >= 4 is 23.1 Å². The Hall–Kier alpha value is -1.77. The lowest BCUT2D eigenvalue weighted by Crippen LogP contribution is -2.44. The topological polar surface area (TPSA) is 48.4 Å². The molecule has 1 fully saturated rings. The first-order valence-corrected chi connectivity index (χ1v) is 9.70. The second-order valence-electron chi connectivity index (χ2n) is 6.96. The molecular formula is C19H20F3N3OS. The summed E-state index contributed by atoms with van der Waals surface area (Å²) >= 11 is 1.32. The highest BCUT2D eigenvalue weighted by molar-refractivity contribution is 7.99. The summed E-state index contributed by atoms with van der Waals surface area (Å²) in [7, 11) is 0. The van der Waals surface area contributed by atoms with E-state index >= 15 is 0 Å². The summed E-state index contributed by atoms with van der Waals surface area (Å²) < 4.78 is 39.5. The van der Waals surface area contributed by atoms with Crippen LogP contribution in [0.1, 0.15) is 24.1 Å². The number of halogens is 3. The van der Waals surface area contributed by atoms with Crippen LogP contribution in [0.5, 0.6) is 0 Å². The number of alkyl halides is 3. The van der Waals surface area contributed by atoms with Gasteiger partial charge in [-0.15, -0.1) is 0 Å². The van der Waals surface area contributed by atoms with Gasteiger partial charge in [-0.05, 0) is 50.1 Å². The van der Waals surface area contributed by atoms with E-state index in [-0.39, 0.29) is 6.04 Å². The number of benzene rings is 1. The van der Waals surface area contributed by atoms with Crippen LogP contribution in [0, 0.1) is 6.92 Å². The molecule has 2 N–H and O–H groups in total. The molecule has 4 rings (SSSR count). The fourth-order valence-corrected chi connectivity index (χ4v) is 4.85. The zero-order chi connectivity index (χ0) is 19.2. The normalized spacial score (nSPS) is 22.8. The van der Waals surface area contributed by atoms with E-state index in [9.17, 15) is 18.3 Å². The van der Waals surface area contributed by atoms with Gasteiger partial charge in [0.25, 0.3) is 0 Å². The van der Waals surface area contributed by atoms with Crippen LogP contribution in [0.3, 0.4) is 0 Å². The van der Waals surface area contributed by atoms with Crippen molar-refractivity contribution in [1.82, 2.24) is 10.3 Å². The molecule has 0 spiro atoms. The van der Waals surface area contributed by atoms with Gasteiger partial charge in [-0.3, -0.25) is 0 Å². The zero-order valence-electron chi connectivity index (χ0n) is 14.8. The van der Waals surface area contributed by atoms with Crippen molar-refractivity contribution in [2.75, 3.05) is 18.0 Å². The number of fused-ring (bicyclic) bond motifs is 2. The SMILES string of the molecule is Cc1ccc2c(c1)Sc1cc(C(F)(F)F)ncc1N2[C@H]1CCCNC[C@@H]1O. The average Bonchev–Trinajstić information content (AvgIpc) is 2.82. The Kier molecular flexibility index (Phi) is 4.82. The number of nitrogens with one attached hydrogen (secondary N) is 1. The molecule has 8 heteroatoms. The number of nitrogens with zero attached hydrogens (tertiary/aromatic N) is 2. The predicted octanol–water partition coefficient (Wildman–Crippen LogP) is 4.12. The molecule has 144 valence electrons. The maximum atomic E-state index is 13.2. The first kappa shape index (κ1) is 18.6. The van der Waals surface area contributed by atoms with Crippen LogP contribution in [0.2, 0.25) is 0 Å². The minimum Gasteiger partial charge on any atom is -0.390 e. The van der Waals surface area contributed by atoms with Crippen molar-refractivity contribution in [3.8, 4) is 0 Å². The summed E-state index contributed by atoms with van der Waals surface area (Å²) in [6.07, 6.45) is -2.19. The molecule has 3 heterocycles. The monoisotopic (exact) mass is 395 g/mol. The molecule has 4 nitrogen and oxygen atoms in total. The number of hydrogen-bond donors (Lipinski definition) is 2. The van der Waals surface area contributed by atoms with E-state index in [1.54, 1.807) is 0 Å². The molecule has 2 aromatic rings. The van der Waals surface area contributed by atoms with Gasteiger partial charge in [-0.25, -0.2) is 4.98 Å². The van der Waals surface area contributed by atoms with Crippen molar-refractivity contribution < 1.29 is 18.3 Å². The Bertz CT molecular complexity index is 859. The number of aliphatic hydroxyl groups excluding tert-OH is 1. The average molecular weight is 395 g/mol. The van der Waals surface area contributed by atoms with E-state index in [0.29, 0.717) is 17.1 Å². The largest absolute Gasteiger partial charge is 0.433 e. The van der Waals surface area contributed by atoms with Gasteiger partial charge in [0.15, 0.2) is 0 Å². The Labute approximate surface area is 159 Å². The minimum absolute atomic E-state index is 0.223. The van der Waals surface area contributed by atoms with Gasteiger partial charge in [0.2, 0.25) is 0 Å². The summed E-state index contributed by atoms with van der Waals surface area (Å²) in [6.45, 7) is 3.23. The lowest BCUT2D eigenvalue weighted by Gasteiger charge is -2.40. The van der Waals surface area contributed by atoms with Crippen LogP contribution in [-0.2, 0) is 6.18 Å². The van der Waals surface area contributed by atoms with Crippen LogP contribution in [0.15, 0.2) is 40.3 Å². The third kappa shape index (κ3) is 3.53. The predicted molar refractivity (Wildman–Crippen MR) is 98.6 cm³/mol.